The van der Waals surface area contributed by atoms with E-state index in [0.717, 1.165) is 13.1 Å². The second kappa shape index (κ2) is 4.73. The Labute approximate surface area is 69.8 Å². The Bertz CT molecular complexity index is 104. The number of hydrogen-bond donors (Lipinski definition) is 1. The van der Waals surface area contributed by atoms with E-state index in [9.17, 15) is 0 Å². The number of likely N-dealkylation sites (tertiary alicyclic amines) is 1. The Morgan fingerprint density at radius 2 is 2.18 bits per heavy atom. The van der Waals surface area contributed by atoms with Gasteiger partial charge >= 0.3 is 0 Å². The van der Waals surface area contributed by atoms with Gasteiger partial charge in [-0.1, -0.05) is 19.8 Å². The monoisotopic (exact) mass is 156 g/mol. The number of nitrogens with two attached hydrogens (primary N) is 1. The molecule has 2 nitrogen and oxygen atoms in total. The number of hydrogen-bond acceptors (Lipinski definition) is 2. The topological polar surface area (TPSA) is 29.3 Å². The second-order valence-corrected chi connectivity index (χ2v) is 3.50. The van der Waals surface area contributed by atoms with Crippen LogP contribution in [-0.2, 0) is 0 Å². The van der Waals surface area contributed by atoms with Crippen LogP contribution in [0.3, 0.4) is 0 Å². The van der Waals surface area contributed by atoms with Crippen LogP contribution in [0.25, 0.3) is 0 Å². The number of rotatable bonds is 1. The molecular weight excluding hydrogens is 136 g/mol. The van der Waals surface area contributed by atoms with Gasteiger partial charge in [-0.25, -0.2) is 0 Å². The van der Waals surface area contributed by atoms with Gasteiger partial charge in [0.2, 0.25) is 0 Å². The number of nitrogens with zero attached hydrogens (tertiary/aromatic N) is 1. The van der Waals surface area contributed by atoms with Gasteiger partial charge in [-0.05, 0) is 25.9 Å². The maximum absolute atomic E-state index is 5.93. The molecule has 1 heterocycles. The Hall–Kier alpha value is -0.0800. The molecule has 0 bridgehead atoms. The van der Waals surface area contributed by atoms with Crippen molar-refractivity contribution in [3.8, 4) is 0 Å². The molecule has 0 amide bonds. The Kier molecular flexibility index (Phi) is 3.87. The average molecular weight is 156 g/mol. The molecule has 1 unspecified atom stereocenters. The van der Waals surface area contributed by atoms with Crippen LogP contribution in [-0.4, -0.2) is 30.6 Å². The van der Waals surface area contributed by atoms with E-state index >= 15 is 0 Å². The first kappa shape index (κ1) is 9.01. The van der Waals surface area contributed by atoms with Gasteiger partial charge in [0, 0.05) is 12.6 Å². The smallest absolute Gasteiger partial charge is 0.0167 e. The maximum Gasteiger partial charge on any atom is 0.0167 e. The van der Waals surface area contributed by atoms with E-state index in [4.69, 9.17) is 5.73 Å². The molecule has 1 fully saturated rings. The van der Waals surface area contributed by atoms with Crippen molar-refractivity contribution in [1.82, 2.24) is 4.90 Å². The predicted molar refractivity (Wildman–Crippen MR) is 48.6 cm³/mol. The van der Waals surface area contributed by atoms with E-state index in [1.54, 1.807) is 0 Å². The standard InChI is InChI=1S/C9H20N2/c1-2-11-7-5-3-4-6-9(10)8-11/h9H,2-8,10H2,1H3. The molecule has 1 saturated heterocycles. The third-order valence-corrected chi connectivity index (χ3v) is 2.49. The molecule has 0 aromatic carbocycles. The van der Waals surface area contributed by atoms with Gasteiger partial charge in [0.15, 0.2) is 0 Å². The Morgan fingerprint density at radius 1 is 1.36 bits per heavy atom. The van der Waals surface area contributed by atoms with Crippen molar-refractivity contribution in [2.24, 2.45) is 5.73 Å². The van der Waals surface area contributed by atoms with Crippen molar-refractivity contribution in [1.29, 1.82) is 0 Å². The van der Waals surface area contributed by atoms with Crippen molar-refractivity contribution in [3.05, 3.63) is 0 Å². The van der Waals surface area contributed by atoms with Crippen LogP contribution in [0.15, 0.2) is 0 Å². The van der Waals surface area contributed by atoms with E-state index in [0.29, 0.717) is 6.04 Å². The van der Waals surface area contributed by atoms with Gasteiger partial charge in [-0.2, -0.15) is 0 Å². The van der Waals surface area contributed by atoms with Crippen LogP contribution < -0.4 is 5.73 Å². The average Bonchev–Trinajstić information content (AvgIpc) is 1.96. The molecular formula is C9H20N2. The first-order valence-corrected chi connectivity index (χ1v) is 4.81. The van der Waals surface area contributed by atoms with Crippen molar-refractivity contribution < 1.29 is 0 Å². The summed E-state index contributed by atoms with van der Waals surface area (Å²) < 4.78 is 0. The Morgan fingerprint density at radius 3 is 2.91 bits per heavy atom. The minimum atomic E-state index is 0.426. The SMILES string of the molecule is CCN1CCCCCC(N)C1. The minimum Gasteiger partial charge on any atom is -0.327 e. The molecule has 66 valence electrons. The Balaban J connectivity index is 2.29. The van der Waals surface area contributed by atoms with E-state index in [-0.39, 0.29) is 0 Å². The maximum atomic E-state index is 5.93. The van der Waals surface area contributed by atoms with Crippen LogP contribution in [0.4, 0.5) is 0 Å². The zero-order valence-corrected chi connectivity index (χ0v) is 7.55. The van der Waals surface area contributed by atoms with Gasteiger partial charge in [-0.15, -0.1) is 0 Å². The number of likely N-dealkylation sites (N-methyl/N-ethyl adjacent to an activating group) is 1. The lowest BCUT2D eigenvalue weighted by atomic mass is 10.1. The van der Waals surface area contributed by atoms with Crippen LogP contribution in [0.5, 0.6) is 0 Å². The third-order valence-electron chi connectivity index (χ3n) is 2.49. The highest BCUT2D eigenvalue weighted by Gasteiger charge is 2.11. The molecule has 2 heteroatoms. The molecule has 11 heavy (non-hydrogen) atoms. The molecule has 1 aliphatic rings. The quantitative estimate of drug-likeness (QED) is 0.618. The van der Waals surface area contributed by atoms with E-state index < -0.39 is 0 Å². The first-order valence-electron chi connectivity index (χ1n) is 4.81. The fourth-order valence-electron chi connectivity index (χ4n) is 1.72. The highest BCUT2D eigenvalue weighted by molar-refractivity contribution is 4.70. The summed E-state index contributed by atoms with van der Waals surface area (Å²) in [6, 6.07) is 0.426. The fraction of sp³-hybridized carbons (Fsp3) is 1.00. The molecule has 1 atom stereocenters. The van der Waals surface area contributed by atoms with Crippen LogP contribution in [0, 0.1) is 0 Å². The zero-order chi connectivity index (χ0) is 8.10. The van der Waals surface area contributed by atoms with Gasteiger partial charge in [0.05, 0.1) is 0 Å². The zero-order valence-electron chi connectivity index (χ0n) is 7.55. The predicted octanol–water partition coefficient (Wildman–Crippen LogP) is 1.21. The summed E-state index contributed by atoms with van der Waals surface area (Å²) in [6.07, 6.45) is 5.28. The first-order chi connectivity index (χ1) is 5.33. The second-order valence-electron chi connectivity index (χ2n) is 3.50. The molecule has 0 radical (unpaired) electrons. The highest BCUT2D eigenvalue weighted by atomic mass is 15.1. The molecule has 1 rings (SSSR count). The summed E-state index contributed by atoms with van der Waals surface area (Å²) in [5.74, 6) is 0. The highest BCUT2D eigenvalue weighted by Crippen LogP contribution is 2.09. The normalized spacial score (nSPS) is 29.5. The summed E-state index contributed by atoms with van der Waals surface area (Å²) in [7, 11) is 0. The molecule has 1 aliphatic heterocycles. The van der Waals surface area contributed by atoms with Crippen LogP contribution in [0.1, 0.15) is 32.6 Å². The molecule has 0 aromatic heterocycles. The van der Waals surface area contributed by atoms with Crippen molar-refractivity contribution in [2.45, 2.75) is 38.6 Å². The molecule has 0 aliphatic carbocycles. The minimum absolute atomic E-state index is 0.426. The van der Waals surface area contributed by atoms with Crippen LogP contribution >= 0.6 is 0 Å². The summed E-state index contributed by atoms with van der Waals surface area (Å²) in [6.45, 7) is 5.74. The van der Waals surface area contributed by atoms with Crippen molar-refractivity contribution in [3.63, 3.8) is 0 Å². The van der Waals surface area contributed by atoms with Crippen LogP contribution in [0.2, 0.25) is 0 Å². The fourth-order valence-corrected chi connectivity index (χ4v) is 1.72. The molecule has 0 saturated carbocycles. The lowest BCUT2D eigenvalue weighted by Crippen LogP contribution is -2.39. The summed E-state index contributed by atoms with van der Waals surface area (Å²) >= 11 is 0. The van der Waals surface area contributed by atoms with Gasteiger partial charge < -0.3 is 10.6 Å². The molecule has 2 N–H and O–H groups in total. The summed E-state index contributed by atoms with van der Waals surface area (Å²) in [5, 5.41) is 0. The molecule has 0 spiro atoms. The molecule has 0 aromatic rings. The van der Waals surface area contributed by atoms with Gasteiger partial charge in [-0.3, -0.25) is 0 Å². The van der Waals surface area contributed by atoms with Gasteiger partial charge in [0.25, 0.3) is 0 Å². The lowest BCUT2D eigenvalue weighted by Gasteiger charge is -2.26. The van der Waals surface area contributed by atoms with Crippen molar-refractivity contribution in [2.75, 3.05) is 19.6 Å². The lowest BCUT2D eigenvalue weighted by molar-refractivity contribution is 0.242. The largest absolute Gasteiger partial charge is 0.327 e. The third kappa shape index (κ3) is 3.21. The summed E-state index contributed by atoms with van der Waals surface area (Å²) in [5.41, 5.74) is 5.93. The van der Waals surface area contributed by atoms with E-state index in [1.165, 1.54) is 32.2 Å². The van der Waals surface area contributed by atoms with Gasteiger partial charge in [0.1, 0.15) is 0 Å². The van der Waals surface area contributed by atoms with E-state index in [1.807, 2.05) is 0 Å². The van der Waals surface area contributed by atoms with E-state index in [2.05, 4.69) is 11.8 Å². The van der Waals surface area contributed by atoms with Crippen molar-refractivity contribution >= 4 is 0 Å². The summed E-state index contributed by atoms with van der Waals surface area (Å²) in [4.78, 5) is 2.46.